The number of anilines is 1. The van der Waals surface area contributed by atoms with Gasteiger partial charge in [0.2, 0.25) is 11.8 Å². The predicted molar refractivity (Wildman–Crippen MR) is 115 cm³/mol. The molecule has 5 rings (SSSR count). The average Bonchev–Trinajstić information content (AvgIpc) is 3.04. The third-order valence-electron chi connectivity index (χ3n) is 7.21. The molecular weight excluding hydrogens is 412 g/mol. The minimum absolute atomic E-state index is 0.0993. The number of imide groups is 2. The lowest BCUT2D eigenvalue weighted by Crippen LogP contribution is -2.54. The first kappa shape index (κ1) is 21.1. The molecule has 3 saturated heterocycles. The molecule has 4 amide bonds. The van der Waals surface area contributed by atoms with E-state index in [0.717, 1.165) is 56.0 Å². The van der Waals surface area contributed by atoms with E-state index in [0.29, 0.717) is 17.0 Å². The molecule has 3 fully saturated rings. The molecule has 4 aliphatic rings. The maximum absolute atomic E-state index is 13.1. The van der Waals surface area contributed by atoms with Gasteiger partial charge in [0.25, 0.3) is 11.8 Å². The minimum atomic E-state index is -0.945. The fourth-order valence-corrected chi connectivity index (χ4v) is 5.45. The van der Waals surface area contributed by atoms with Crippen LogP contribution in [0.15, 0.2) is 18.2 Å². The van der Waals surface area contributed by atoms with Gasteiger partial charge in [-0.15, -0.1) is 0 Å². The maximum Gasteiger partial charge on any atom is 0.262 e. The summed E-state index contributed by atoms with van der Waals surface area (Å²) < 4.78 is 5.96. The van der Waals surface area contributed by atoms with Crippen LogP contribution in [-0.4, -0.2) is 66.4 Å². The van der Waals surface area contributed by atoms with E-state index < -0.39 is 23.8 Å². The van der Waals surface area contributed by atoms with E-state index in [2.05, 4.69) is 10.2 Å². The van der Waals surface area contributed by atoms with Gasteiger partial charge in [-0.1, -0.05) is 0 Å². The number of hydrogen-bond donors (Lipinski definition) is 2. The second kappa shape index (κ2) is 8.29. The molecule has 170 valence electrons. The number of nitrogens with zero attached hydrogens (tertiary/aromatic N) is 2. The number of carbonyl (C=O) groups is 4. The van der Waals surface area contributed by atoms with Crippen LogP contribution in [0.5, 0.6) is 0 Å². The van der Waals surface area contributed by atoms with E-state index in [9.17, 15) is 19.2 Å². The Labute approximate surface area is 186 Å². The molecule has 1 aromatic rings. The molecule has 0 aromatic heterocycles. The first-order chi connectivity index (χ1) is 15.4. The second-order valence-corrected chi connectivity index (χ2v) is 9.14. The van der Waals surface area contributed by atoms with Crippen LogP contribution in [0.2, 0.25) is 0 Å². The number of hydrogen-bond acceptors (Lipinski definition) is 7. The lowest BCUT2D eigenvalue weighted by atomic mass is 9.85. The normalized spacial score (nSPS) is 29.3. The van der Waals surface area contributed by atoms with E-state index in [4.69, 9.17) is 10.5 Å². The van der Waals surface area contributed by atoms with Crippen molar-refractivity contribution in [3.63, 3.8) is 0 Å². The summed E-state index contributed by atoms with van der Waals surface area (Å²) in [6, 6.07) is 4.44. The molecule has 9 nitrogen and oxygen atoms in total. The molecule has 0 radical (unpaired) electrons. The van der Waals surface area contributed by atoms with Crippen molar-refractivity contribution in [1.82, 2.24) is 10.2 Å². The monoisotopic (exact) mass is 440 g/mol. The van der Waals surface area contributed by atoms with Crippen molar-refractivity contribution in [3.05, 3.63) is 29.3 Å². The molecule has 3 atom stereocenters. The van der Waals surface area contributed by atoms with Crippen molar-refractivity contribution < 1.29 is 23.9 Å². The van der Waals surface area contributed by atoms with Crippen LogP contribution in [-0.2, 0) is 14.3 Å². The van der Waals surface area contributed by atoms with Gasteiger partial charge in [-0.3, -0.25) is 29.4 Å². The zero-order chi connectivity index (χ0) is 22.4. The predicted octanol–water partition coefficient (Wildman–Crippen LogP) is 0.810. The molecule has 4 aliphatic heterocycles. The third-order valence-corrected chi connectivity index (χ3v) is 7.21. The summed E-state index contributed by atoms with van der Waals surface area (Å²) in [5, 5.41) is 2.22. The summed E-state index contributed by atoms with van der Waals surface area (Å²) in [6.07, 6.45) is 4.34. The Kier molecular flexibility index (Phi) is 5.46. The van der Waals surface area contributed by atoms with Gasteiger partial charge in [-0.05, 0) is 56.2 Å². The fraction of sp³-hybridized carbons (Fsp3) is 0.565. The summed E-state index contributed by atoms with van der Waals surface area (Å²) in [6.45, 7) is 2.44. The second-order valence-electron chi connectivity index (χ2n) is 9.14. The summed E-state index contributed by atoms with van der Waals surface area (Å²) in [7, 11) is 0. The van der Waals surface area contributed by atoms with Crippen molar-refractivity contribution >= 4 is 29.3 Å². The van der Waals surface area contributed by atoms with Crippen LogP contribution < -0.4 is 16.0 Å². The highest BCUT2D eigenvalue weighted by atomic mass is 16.5. The number of nitrogens with two attached hydrogens (primary N) is 1. The Morgan fingerprint density at radius 1 is 0.969 bits per heavy atom. The van der Waals surface area contributed by atoms with Gasteiger partial charge >= 0.3 is 0 Å². The number of carbonyl (C=O) groups excluding carboxylic acids is 4. The molecule has 0 aliphatic carbocycles. The van der Waals surface area contributed by atoms with Crippen molar-refractivity contribution in [2.75, 3.05) is 24.6 Å². The zero-order valence-corrected chi connectivity index (χ0v) is 17.9. The maximum atomic E-state index is 13.1. The topological polar surface area (TPSA) is 122 Å². The molecule has 0 spiro atoms. The molecular formula is C23H28N4O5. The fourth-order valence-electron chi connectivity index (χ4n) is 5.45. The Balaban J connectivity index is 1.29. The standard InChI is InChI=1S/C23H28N4O5/c24-17-2-1-11-32-20(17)13-7-9-26(10-8-13)14-3-4-15-16(12-14)23(31)27(22(15)30)18-5-6-19(28)25-21(18)29/h3-4,12-13,17-18,20H,1-2,5-11,24H2,(H,25,28,29)/t17-,18?,20+/m1/s1. The molecule has 1 unspecified atom stereocenters. The van der Waals surface area contributed by atoms with Gasteiger partial charge in [-0.25, -0.2) is 0 Å². The zero-order valence-electron chi connectivity index (χ0n) is 17.9. The van der Waals surface area contributed by atoms with Crippen LogP contribution in [0.3, 0.4) is 0 Å². The number of nitrogens with one attached hydrogen (secondary N) is 1. The van der Waals surface area contributed by atoms with Crippen molar-refractivity contribution in [3.8, 4) is 0 Å². The number of benzene rings is 1. The van der Waals surface area contributed by atoms with E-state index in [-0.39, 0.29) is 30.9 Å². The molecule has 1 aromatic carbocycles. The highest BCUT2D eigenvalue weighted by Gasteiger charge is 2.45. The molecule has 0 bridgehead atoms. The lowest BCUT2D eigenvalue weighted by molar-refractivity contribution is -0.136. The van der Waals surface area contributed by atoms with Crippen LogP contribution in [0.1, 0.15) is 59.2 Å². The smallest absolute Gasteiger partial charge is 0.262 e. The third kappa shape index (κ3) is 3.59. The van der Waals surface area contributed by atoms with Crippen molar-refractivity contribution in [2.45, 2.75) is 56.7 Å². The van der Waals surface area contributed by atoms with Crippen molar-refractivity contribution in [2.24, 2.45) is 11.7 Å². The average molecular weight is 441 g/mol. The van der Waals surface area contributed by atoms with Gasteiger partial charge < -0.3 is 15.4 Å². The number of piperidine rings is 2. The summed E-state index contributed by atoms with van der Waals surface area (Å²) in [5.41, 5.74) is 7.79. The Morgan fingerprint density at radius 3 is 2.44 bits per heavy atom. The van der Waals surface area contributed by atoms with E-state index in [1.807, 2.05) is 6.07 Å². The Hall–Kier alpha value is -2.78. The van der Waals surface area contributed by atoms with Gasteiger partial charge in [0.05, 0.1) is 17.2 Å². The Morgan fingerprint density at radius 2 is 1.72 bits per heavy atom. The molecule has 3 N–H and O–H groups in total. The quantitative estimate of drug-likeness (QED) is 0.667. The van der Waals surface area contributed by atoms with Gasteiger partial charge in [0.1, 0.15) is 6.04 Å². The molecule has 9 heteroatoms. The van der Waals surface area contributed by atoms with Crippen LogP contribution >= 0.6 is 0 Å². The van der Waals surface area contributed by atoms with E-state index in [1.54, 1.807) is 12.1 Å². The molecule has 4 heterocycles. The summed E-state index contributed by atoms with van der Waals surface area (Å²) in [4.78, 5) is 52.8. The number of fused-ring (bicyclic) bond motifs is 1. The van der Waals surface area contributed by atoms with E-state index in [1.165, 1.54) is 0 Å². The number of amides is 4. The van der Waals surface area contributed by atoms with Gasteiger partial charge in [0.15, 0.2) is 0 Å². The van der Waals surface area contributed by atoms with Gasteiger partial charge in [0, 0.05) is 37.8 Å². The summed E-state index contributed by atoms with van der Waals surface area (Å²) >= 11 is 0. The number of rotatable bonds is 3. The van der Waals surface area contributed by atoms with Crippen molar-refractivity contribution in [1.29, 1.82) is 0 Å². The van der Waals surface area contributed by atoms with Crippen LogP contribution in [0.25, 0.3) is 0 Å². The summed E-state index contributed by atoms with van der Waals surface area (Å²) in [5.74, 6) is -1.50. The Bertz CT molecular complexity index is 971. The van der Waals surface area contributed by atoms with Crippen LogP contribution in [0, 0.1) is 5.92 Å². The SMILES string of the molecule is N[C@@H]1CCCO[C@H]1C1CCN(c2ccc3c(c2)C(=O)N(C2CCC(=O)NC2=O)C3=O)CC1. The highest BCUT2D eigenvalue weighted by Crippen LogP contribution is 2.34. The first-order valence-electron chi connectivity index (χ1n) is 11.4. The lowest BCUT2D eigenvalue weighted by Gasteiger charge is -2.40. The van der Waals surface area contributed by atoms with Crippen LogP contribution in [0.4, 0.5) is 5.69 Å². The molecule has 0 saturated carbocycles. The van der Waals surface area contributed by atoms with E-state index >= 15 is 0 Å². The highest BCUT2D eigenvalue weighted by molar-refractivity contribution is 6.23. The number of ether oxygens (including phenoxy) is 1. The minimum Gasteiger partial charge on any atom is -0.376 e. The largest absolute Gasteiger partial charge is 0.376 e. The van der Waals surface area contributed by atoms with Gasteiger partial charge in [-0.2, -0.15) is 0 Å². The first-order valence-corrected chi connectivity index (χ1v) is 11.4. The molecule has 32 heavy (non-hydrogen) atoms.